The van der Waals surface area contributed by atoms with Crippen molar-refractivity contribution in [3.05, 3.63) is 86.0 Å². The van der Waals surface area contributed by atoms with Crippen molar-refractivity contribution >= 4 is 32.9 Å². The molecule has 0 unspecified atom stereocenters. The molecule has 2 N–H and O–H groups in total. The maximum atomic E-state index is 12.9. The van der Waals surface area contributed by atoms with Crippen molar-refractivity contribution in [3.63, 3.8) is 0 Å². The van der Waals surface area contributed by atoms with E-state index in [1.54, 1.807) is 31.2 Å². The van der Waals surface area contributed by atoms with Crippen LogP contribution in [-0.4, -0.2) is 12.6 Å². The van der Waals surface area contributed by atoms with E-state index in [0.717, 1.165) is 4.47 Å². The average Bonchev–Trinajstić information content (AvgIpc) is 2.68. The topological polar surface area (TPSA) is 91.8 Å². The van der Waals surface area contributed by atoms with Crippen molar-refractivity contribution in [3.8, 4) is 5.75 Å². The zero-order valence-corrected chi connectivity index (χ0v) is 16.5. The van der Waals surface area contributed by atoms with Crippen molar-refractivity contribution in [2.24, 2.45) is 5.73 Å². The number of para-hydroxylation sites is 1. The number of fused-ring (bicyclic) bond motifs is 3. The summed E-state index contributed by atoms with van der Waals surface area (Å²) in [6.45, 7) is 1.87. The molecule has 1 aliphatic heterocycles. The van der Waals surface area contributed by atoms with Gasteiger partial charge in [0.2, 0.25) is 5.88 Å². The average molecular weight is 442 g/mol. The summed E-state index contributed by atoms with van der Waals surface area (Å²) in [7, 11) is 0. The van der Waals surface area contributed by atoms with E-state index in [0.29, 0.717) is 22.3 Å². The Morgan fingerprint density at radius 3 is 2.61 bits per heavy atom. The molecule has 0 fully saturated rings. The number of benzene rings is 2. The summed E-state index contributed by atoms with van der Waals surface area (Å²) in [5, 5.41) is 0.602. The lowest BCUT2D eigenvalue weighted by Gasteiger charge is -2.28. The number of rotatable bonds is 3. The zero-order chi connectivity index (χ0) is 19.8. The molecular formula is C21H16BrNO5. The van der Waals surface area contributed by atoms with Crippen LogP contribution in [0.1, 0.15) is 24.0 Å². The molecule has 2 aromatic carbocycles. The second-order valence-corrected chi connectivity index (χ2v) is 7.13. The first kappa shape index (κ1) is 18.3. The minimum absolute atomic E-state index is 0.0826. The van der Waals surface area contributed by atoms with Gasteiger partial charge in [0, 0.05) is 4.47 Å². The first-order valence-electron chi connectivity index (χ1n) is 8.67. The molecule has 3 aromatic rings. The molecule has 0 amide bonds. The number of carbonyl (C=O) groups excluding carboxylic acids is 1. The van der Waals surface area contributed by atoms with Crippen LogP contribution in [0.5, 0.6) is 5.75 Å². The SMILES string of the molecule is CCOC(=O)C1=C(N)Oc2c(c(=O)oc3ccccc23)[C@@H]1c1ccc(Br)cc1. The number of carbonyl (C=O) groups is 1. The summed E-state index contributed by atoms with van der Waals surface area (Å²) in [6.07, 6.45) is 0. The fourth-order valence-corrected chi connectivity index (χ4v) is 3.63. The Morgan fingerprint density at radius 2 is 1.89 bits per heavy atom. The summed E-state index contributed by atoms with van der Waals surface area (Å²) in [4.78, 5) is 25.6. The third-order valence-electron chi connectivity index (χ3n) is 4.55. The highest BCUT2D eigenvalue weighted by molar-refractivity contribution is 9.10. The van der Waals surface area contributed by atoms with Crippen LogP contribution >= 0.6 is 15.9 Å². The number of hydrogen-bond acceptors (Lipinski definition) is 6. The molecule has 7 heteroatoms. The van der Waals surface area contributed by atoms with Gasteiger partial charge < -0.3 is 19.6 Å². The Hall–Kier alpha value is -3.06. The van der Waals surface area contributed by atoms with Crippen LogP contribution in [0, 0.1) is 0 Å². The number of halogens is 1. The number of esters is 1. The molecule has 1 atom stereocenters. The Labute approximate surface area is 168 Å². The van der Waals surface area contributed by atoms with E-state index < -0.39 is 17.5 Å². The fourth-order valence-electron chi connectivity index (χ4n) is 3.36. The number of hydrogen-bond donors (Lipinski definition) is 1. The predicted octanol–water partition coefficient (Wildman–Crippen LogP) is 3.81. The minimum Gasteiger partial charge on any atom is -0.462 e. The van der Waals surface area contributed by atoms with Gasteiger partial charge >= 0.3 is 11.6 Å². The molecule has 0 aliphatic carbocycles. The number of nitrogens with two attached hydrogens (primary N) is 1. The Kier molecular flexibility index (Phi) is 4.68. The smallest absolute Gasteiger partial charge is 0.344 e. The van der Waals surface area contributed by atoms with Crippen LogP contribution < -0.4 is 16.1 Å². The van der Waals surface area contributed by atoms with E-state index in [1.807, 2.05) is 24.3 Å². The highest BCUT2D eigenvalue weighted by Crippen LogP contribution is 2.44. The second kappa shape index (κ2) is 7.16. The Balaban J connectivity index is 2.03. The van der Waals surface area contributed by atoms with Gasteiger partial charge in [-0.3, -0.25) is 0 Å². The minimum atomic E-state index is -0.767. The van der Waals surface area contributed by atoms with E-state index in [-0.39, 0.29) is 23.6 Å². The van der Waals surface area contributed by atoms with E-state index in [1.165, 1.54) is 0 Å². The van der Waals surface area contributed by atoms with Crippen molar-refractivity contribution in [1.82, 2.24) is 0 Å². The maximum absolute atomic E-state index is 12.9. The molecule has 0 radical (unpaired) electrons. The van der Waals surface area contributed by atoms with Gasteiger partial charge in [0.05, 0.1) is 23.5 Å². The molecule has 1 aliphatic rings. The summed E-state index contributed by atoms with van der Waals surface area (Å²) in [6, 6.07) is 14.3. The summed E-state index contributed by atoms with van der Waals surface area (Å²) < 4.78 is 17.3. The Bertz CT molecular complexity index is 1160. The largest absolute Gasteiger partial charge is 0.462 e. The van der Waals surface area contributed by atoms with E-state index >= 15 is 0 Å². The van der Waals surface area contributed by atoms with Crippen LogP contribution in [-0.2, 0) is 9.53 Å². The van der Waals surface area contributed by atoms with Gasteiger partial charge in [-0.2, -0.15) is 0 Å². The van der Waals surface area contributed by atoms with Crippen molar-refractivity contribution in [2.45, 2.75) is 12.8 Å². The molecule has 0 bridgehead atoms. The van der Waals surface area contributed by atoms with Gasteiger partial charge in [0.15, 0.2) is 5.75 Å². The van der Waals surface area contributed by atoms with Gasteiger partial charge in [0.1, 0.15) is 11.2 Å². The molecule has 2 heterocycles. The lowest BCUT2D eigenvalue weighted by atomic mass is 9.83. The van der Waals surface area contributed by atoms with Gasteiger partial charge in [-0.25, -0.2) is 9.59 Å². The van der Waals surface area contributed by atoms with Gasteiger partial charge in [-0.05, 0) is 36.8 Å². The van der Waals surface area contributed by atoms with Crippen LogP contribution in [0.25, 0.3) is 11.0 Å². The van der Waals surface area contributed by atoms with E-state index in [4.69, 9.17) is 19.6 Å². The molecular weight excluding hydrogens is 426 g/mol. The lowest BCUT2D eigenvalue weighted by Crippen LogP contribution is -2.31. The van der Waals surface area contributed by atoms with Crippen LogP contribution in [0.15, 0.2) is 73.7 Å². The molecule has 6 nitrogen and oxygen atoms in total. The monoisotopic (exact) mass is 441 g/mol. The third kappa shape index (κ3) is 2.97. The standard InChI is InChI=1S/C21H16BrNO5/c1-2-26-20(24)17-15(11-7-9-12(22)10-8-11)16-18(28-19(17)23)13-5-3-4-6-14(13)27-21(16)25/h3-10,15H,2,23H2,1H3/t15-/m0/s1. The van der Waals surface area contributed by atoms with Crippen molar-refractivity contribution < 1.29 is 18.7 Å². The summed E-state index contributed by atoms with van der Waals surface area (Å²) in [5.41, 5.74) is 6.93. The quantitative estimate of drug-likeness (QED) is 0.490. The summed E-state index contributed by atoms with van der Waals surface area (Å²) in [5.74, 6) is -1.19. The molecule has 0 saturated heterocycles. The van der Waals surface area contributed by atoms with Crippen LogP contribution in [0.4, 0.5) is 0 Å². The van der Waals surface area contributed by atoms with Crippen molar-refractivity contribution in [2.75, 3.05) is 6.61 Å². The number of ether oxygens (including phenoxy) is 2. The zero-order valence-electron chi connectivity index (χ0n) is 14.9. The van der Waals surface area contributed by atoms with Gasteiger partial charge in [-0.15, -0.1) is 0 Å². The molecule has 0 spiro atoms. The highest BCUT2D eigenvalue weighted by atomic mass is 79.9. The summed E-state index contributed by atoms with van der Waals surface area (Å²) >= 11 is 3.40. The molecule has 4 rings (SSSR count). The third-order valence-corrected chi connectivity index (χ3v) is 5.08. The highest BCUT2D eigenvalue weighted by Gasteiger charge is 2.39. The second-order valence-electron chi connectivity index (χ2n) is 6.21. The normalized spacial score (nSPS) is 15.9. The molecule has 142 valence electrons. The van der Waals surface area contributed by atoms with Crippen LogP contribution in [0.3, 0.4) is 0 Å². The predicted molar refractivity (Wildman–Crippen MR) is 107 cm³/mol. The molecule has 0 saturated carbocycles. The van der Waals surface area contributed by atoms with E-state index in [2.05, 4.69) is 15.9 Å². The molecule has 28 heavy (non-hydrogen) atoms. The Morgan fingerprint density at radius 1 is 1.18 bits per heavy atom. The first-order valence-corrected chi connectivity index (χ1v) is 9.46. The van der Waals surface area contributed by atoms with Crippen LogP contribution in [0.2, 0.25) is 0 Å². The molecule has 1 aromatic heterocycles. The van der Waals surface area contributed by atoms with Gasteiger partial charge in [0.25, 0.3) is 0 Å². The van der Waals surface area contributed by atoms with E-state index in [9.17, 15) is 9.59 Å². The lowest BCUT2D eigenvalue weighted by molar-refractivity contribution is -0.139. The maximum Gasteiger partial charge on any atom is 0.344 e. The van der Waals surface area contributed by atoms with Crippen molar-refractivity contribution in [1.29, 1.82) is 0 Å². The fraction of sp³-hybridized carbons (Fsp3) is 0.143. The van der Waals surface area contributed by atoms with Gasteiger partial charge in [-0.1, -0.05) is 40.2 Å². The first-order chi connectivity index (χ1) is 13.5.